The Morgan fingerprint density at radius 1 is 1.41 bits per heavy atom. The van der Waals surface area contributed by atoms with Gasteiger partial charge in [0, 0.05) is 13.1 Å². The number of aliphatic hydroxyl groups is 1. The number of hydrogen-bond donors (Lipinski definition) is 2. The number of carbonyl (C=O) groups is 1. The summed E-state index contributed by atoms with van der Waals surface area (Å²) < 4.78 is 37.5. The van der Waals surface area contributed by atoms with Gasteiger partial charge in [-0.3, -0.25) is 9.69 Å². The normalized spacial score (nSPS) is 23.4. The Kier molecular flexibility index (Phi) is 4.03. The summed E-state index contributed by atoms with van der Waals surface area (Å²) >= 11 is 0. The molecule has 0 aliphatic carbocycles. The lowest BCUT2D eigenvalue weighted by Crippen LogP contribution is -2.56. The van der Waals surface area contributed by atoms with E-state index in [-0.39, 0.29) is 13.1 Å². The quantitative estimate of drug-likeness (QED) is 0.796. The number of alkyl halides is 3. The molecule has 0 radical (unpaired) electrons. The number of rotatable bonds is 3. The molecule has 100 valence electrons. The van der Waals surface area contributed by atoms with Crippen molar-refractivity contribution in [3.05, 3.63) is 0 Å². The molecular formula is C10H16F3NO3. The van der Waals surface area contributed by atoms with Gasteiger partial charge in [0.1, 0.15) is 6.04 Å². The van der Waals surface area contributed by atoms with E-state index in [4.69, 9.17) is 5.11 Å². The van der Waals surface area contributed by atoms with Crippen LogP contribution in [0.4, 0.5) is 13.2 Å². The molecule has 0 spiro atoms. The lowest BCUT2D eigenvalue weighted by molar-refractivity contribution is -0.273. The first-order valence-electron chi connectivity index (χ1n) is 5.47. The number of hydrogen-bond acceptors (Lipinski definition) is 3. The van der Waals surface area contributed by atoms with Crippen molar-refractivity contribution in [3.63, 3.8) is 0 Å². The summed E-state index contributed by atoms with van der Waals surface area (Å²) in [6.45, 7) is 1.56. The van der Waals surface area contributed by atoms with Gasteiger partial charge in [0.2, 0.25) is 0 Å². The maximum atomic E-state index is 12.5. The fourth-order valence-electron chi connectivity index (χ4n) is 2.08. The highest BCUT2D eigenvalue weighted by atomic mass is 19.4. The number of aliphatic carboxylic acids is 1. The molecule has 17 heavy (non-hydrogen) atoms. The Bertz CT molecular complexity index is 285. The highest BCUT2D eigenvalue weighted by Crippen LogP contribution is 2.38. The van der Waals surface area contributed by atoms with Gasteiger partial charge in [-0.1, -0.05) is 6.92 Å². The maximum absolute atomic E-state index is 12.5. The summed E-state index contributed by atoms with van der Waals surface area (Å²) in [4.78, 5) is 12.3. The molecule has 1 aliphatic rings. The predicted octanol–water partition coefficient (Wildman–Crippen LogP) is 1.24. The van der Waals surface area contributed by atoms with E-state index in [1.807, 2.05) is 0 Å². The average molecular weight is 255 g/mol. The summed E-state index contributed by atoms with van der Waals surface area (Å²) in [5.74, 6) is -1.04. The van der Waals surface area contributed by atoms with Gasteiger partial charge in [-0.05, 0) is 19.3 Å². The van der Waals surface area contributed by atoms with E-state index in [0.29, 0.717) is 6.42 Å². The lowest BCUT2D eigenvalue weighted by Gasteiger charge is -2.40. The first kappa shape index (κ1) is 14.2. The molecule has 1 saturated heterocycles. The van der Waals surface area contributed by atoms with Crippen molar-refractivity contribution < 1.29 is 28.2 Å². The fourth-order valence-corrected chi connectivity index (χ4v) is 2.08. The zero-order valence-corrected chi connectivity index (χ0v) is 9.50. The summed E-state index contributed by atoms with van der Waals surface area (Å²) in [6.07, 6.45) is -5.26. The second-order valence-electron chi connectivity index (χ2n) is 4.33. The minimum Gasteiger partial charge on any atom is -0.480 e. The van der Waals surface area contributed by atoms with E-state index in [2.05, 4.69) is 0 Å². The number of halogens is 3. The molecule has 1 aliphatic heterocycles. The largest absolute Gasteiger partial charge is 0.480 e. The van der Waals surface area contributed by atoms with E-state index in [9.17, 15) is 23.1 Å². The van der Waals surface area contributed by atoms with Crippen molar-refractivity contribution >= 4 is 5.97 Å². The average Bonchev–Trinajstić information content (AvgIpc) is 2.20. The zero-order chi connectivity index (χ0) is 13.3. The van der Waals surface area contributed by atoms with Crippen molar-refractivity contribution in [2.75, 3.05) is 13.1 Å². The van der Waals surface area contributed by atoms with E-state index in [1.54, 1.807) is 6.92 Å². The van der Waals surface area contributed by atoms with Crippen LogP contribution in [0.3, 0.4) is 0 Å². The van der Waals surface area contributed by atoms with Crippen molar-refractivity contribution in [2.45, 2.75) is 44.0 Å². The highest BCUT2D eigenvalue weighted by Gasteiger charge is 2.55. The van der Waals surface area contributed by atoms with Crippen LogP contribution in [-0.4, -0.2) is 52.0 Å². The van der Waals surface area contributed by atoms with Crippen molar-refractivity contribution in [3.8, 4) is 0 Å². The summed E-state index contributed by atoms with van der Waals surface area (Å²) in [7, 11) is 0. The molecule has 7 heteroatoms. The molecule has 2 N–H and O–H groups in total. The zero-order valence-electron chi connectivity index (χ0n) is 9.50. The molecule has 0 amide bonds. The van der Waals surface area contributed by atoms with Gasteiger partial charge in [0.25, 0.3) is 0 Å². The molecule has 0 saturated carbocycles. The monoisotopic (exact) mass is 255 g/mol. The second-order valence-corrected chi connectivity index (χ2v) is 4.33. The third-order valence-corrected chi connectivity index (χ3v) is 3.27. The minimum atomic E-state index is -4.65. The van der Waals surface area contributed by atoms with Crippen LogP contribution in [0.15, 0.2) is 0 Å². The Morgan fingerprint density at radius 3 is 2.18 bits per heavy atom. The molecule has 0 aromatic carbocycles. The Balaban J connectivity index is 2.65. The van der Waals surface area contributed by atoms with Gasteiger partial charge >= 0.3 is 12.1 Å². The number of nitrogens with zero attached hydrogens (tertiary/aromatic N) is 1. The Hall–Kier alpha value is -0.820. The van der Waals surface area contributed by atoms with Crippen LogP contribution < -0.4 is 0 Å². The molecular weight excluding hydrogens is 239 g/mol. The van der Waals surface area contributed by atoms with E-state index in [0.717, 1.165) is 0 Å². The van der Waals surface area contributed by atoms with E-state index >= 15 is 0 Å². The van der Waals surface area contributed by atoms with Gasteiger partial charge in [0.05, 0.1) is 0 Å². The molecule has 1 heterocycles. The topological polar surface area (TPSA) is 60.8 Å². The van der Waals surface area contributed by atoms with Crippen molar-refractivity contribution in [2.24, 2.45) is 0 Å². The van der Waals surface area contributed by atoms with Crippen molar-refractivity contribution in [1.82, 2.24) is 4.90 Å². The van der Waals surface area contributed by atoms with Crippen LogP contribution in [0.1, 0.15) is 26.2 Å². The lowest BCUT2D eigenvalue weighted by atomic mass is 9.90. The van der Waals surface area contributed by atoms with Crippen LogP contribution in [-0.2, 0) is 4.79 Å². The third kappa shape index (κ3) is 2.90. The number of likely N-dealkylation sites (tertiary alicyclic amines) is 1. The van der Waals surface area contributed by atoms with E-state index in [1.165, 1.54) is 4.90 Å². The number of carboxylic acid groups (broad SMARTS) is 1. The highest BCUT2D eigenvalue weighted by molar-refractivity contribution is 5.73. The smallest absolute Gasteiger partial charge is 0.417 e. The second kappa shape index (κ2) is 4.81. The maximum Gasteiger partial charge on any atom is 0.417 e. The van der Waals surface area contributed by atoms with E-state index < -0.39 is 36.6 Å². The van der Waals surface area contributed by atoms with Crippen molar-refractivity contribution in [1.29, 1.82) is 0 Å². The molecule has 1 atom stereocenters. The Labute approximate surface area is 97.0 Å². The minimum absolute atomic E-state index is 0.0547. The molecule has 4 nitrogen and oxygen atoms in total. The van der Waals surface area contributed by atoms with Crippen LogP contribution in [0, 0.1) is 0 Å². The first-order valence-corrected chi connectivity index (χ1v) is 5.47. The van der Waals surface area contributed by atoms with Crippen LogP contribution in [0.2, 0.25) is 0 Å². The SMILES string of the molecule is CC[C@H](C(=O)O)N1CCC(O)(C(F)(F)F)CC1. The predicted molar refractivity (Wildman–Crippen MR) is 53.5 cm³/mol. The molecule has 1 fully saturated rings. The summed E-state index contributed by atoms with van der Waals surface area (Å²) in [6, 6.07) is -0.771. The molecule has 0 aromatic rings. The standard InChI is InChI=1S/C10H16F3NO3/c1-2-7(8(15)16)14-5-3-9(17,4-6-14)10(11,12)13/h7,17H,2-6H2,1H3,(H,15,16)/t7-/m1/s1. The van der Waals surface area contributed by atoms with Crippen LogP contribution in [0.25, 0.3) is 0 Å². The molecule has 1 rings (SSSR count). The summed E-state index contributed by atoms with van der Waals surface area (Å²) in [5, 5.41) is 18.3. The summed E-state index contributed by atoms with van der Waals surface area (Å²) in [5.41, 5.74) is -2.67. The van der Waals surface area contributed by atoms with Gasteiger partial charge < -0.3 is 10.2 Å². The number of piperidine rings is 1. The first-order chi connectivity index (χ1) is 7.71. The fraction of sp³-hybridized carbons (Fsp3) is 0.900. The van der Waals surface area contributed by atoms with Gasteiger partial charge in [-0.15, -0.1) is 0 Å². The molecule has 0 bridgehead atoms. The van der Waals surface area contributed by atoms with Gasteiger partial charge in [0.15, 0.2) is 5.60 Å². The van der Waals surface area contributed by atoms with Gasteiger partial charge in [-0.25, -0.2) is 0 Å². The van der Waals surface area contributed by atoms with Crippen LogP contribution >= 0.6 is 0 Å². The third-order valence-electron chi connectivity index (χ3n) is 3.27. The Morgan fingerprint density at radius 2 is 1.88 bits per heavy atom. The molecule has 0 aromatic heterocycles. The van der Waals surface area contributed by atoms with Gasteiger partial charge in [-0.2, -0.15) is 13.2 Å². The van der Waals surface area contributed by atoms with Crippen LogP contribution in [0.5, 0.6) is 0 Å². The number of carboxylic acids is 1. The molecule has 0 unspecified atom stereocenters.